The predicted molar refractivity (Wildman–Crippen MR) is 105 cm³/mol. The zero-order valence-electron chi connectivity index (χ0n) is 14.6. The number of rotatable bonds is 7. The fourth-order valence-electron chi connectivity index (χ4n) is 2.53. The second-order valence-corrected chi connectivity index (χ2v) is 6.48. The minimum absolute atomic E-state index is 0.227. The molecule has 1 amide bonds. The topological polar surface area (TPSA) is 54.0 Å². The van der Waals surface area contributed by atoms with Crippen molar-refractivity contribution in [3.8, 4) is 0 Å². The van der Waals surface area contributed by atoms with E-state index >= 15 is 0 Å². The van der Waals surface area contributed by atoms with Crippen LogP contribution in [0.2, 0.25) is 5.02 Å². The zero-order valence-corrected chi connectivity index (χ0v) is 15.3. The molecule has 2 N–H and O–H groups in total. The second kappa shape index (κ2) is 9.14. The Morgan fingerprint density at radius 3 is 2.44 bits per heavy atom. The van der Waals surface area contributed by atoms with Gasteiger partial charge in [0, 0.05) is 30.0 Å². The van der Waals surface area contributed by atoms with E-state index in [0.29, 0.717) is 30.2 Å². The summed E-state index contributed by atoms with van der Waals surface area (Å²) in [6.07, 6.45) is 2.30. The molecule has 0 aliphatic heterocycles. The van der Waals surface area contributed by atoms with Crippen LogP contribution in [0.15, 0.2) is 66.9 Å². The van der Waals surface area contributed by atoms with Gasteiger partial charge in [0.05, 0.1) is 0 Å². The number of benzene rings is 2. The van der Waals surface area contributed by atoms with Gasteiger partial charge in [0.1, 0.15) is 11.5 Å². The van der Waals surface area contributed by atoms with E-state index in [1.807, 2.05) is 24.3 Å². The van der Waals surface area contributed by atoms with Crippen LogP contribution in [0.3, 0.4) is 0 Å². The molecule has 0 saturated heterocycles. The number of hydrogen-bond acceptors (Lipinski definition) is 3. The van der Waals surface area contributed by atoms with Gasteiger partial charge in [-0.05, 0) is 53.9 Å². The summed E-state index contributed by atoms with van der Waals surface area (Å²) in [7, 11) is 0. The van der Waals surface area contributed by atoms with Crippen LogP contribution in [0.4, 0.5) is 10.1 Å². The Labute approximate surface area is 162 Å². The fraction of sp³-hybridized carbons (Fsp3) is 0.143. The number of nitrogens with zero attached hydrogens (tertiary/aromatic N) is 1. The molecule has 0 fully saturated rings. The first kappa shape index (κ1) is 18.9. The van der Waals surface area contributed by atoms with Gasteiger partial charge < -0.3 is 10.6 Å². The van der Waals surface area contributed by atoms with Crippen molar-refractivity contribution in [2.45, 2.75) is 13.0 Å². The van der Waals surface area contributed by atoms with Crippen molar-refractivity contribution >= 4 is 23.2 Å². The van der Waals surface area contributed by atoms with Crippen LogP contribution in [0.5, 0.6) is 0 Å². The molecule has 0 aliphatic carbocycles. The predicted octanol–water partition coefficient (Wildman–Crippen LogP) is 4.46. The monoisotopic (exact) mass is 383 g/mol. The number of anilines is 1. The van der Waals surface area contributed by atoms with Crippen molar-refractivity contribution in [1.82, 2.24) is 10.3 Å². The number of carbonyl (C=O) groups is 1. The molecule has 0 radical (unpaired) electrons. The number of aromatic nitrogens is 1. The van der Waals surface area contributed by atoms with Gasteiger partial charge in [0.15, 0.2) is 0 Å². The third-order valence-corrected chi connectivity index (χ3v) is 4.27. The van der Waals surface area contributed by atoms with E-state index in [0.717, 1.165) is 16.8 Å². The molecule has 3 rings (SSSR count). The lowest BCUT2D eigenvalue weighted by Crippen LogP contribution is -2.26. The normalized spacial score (nSPS) is 10.4. The standard InChI is InChI=1S/C21H19ClFN3O/c22-17-5-1-15(2-6-17)9-11-25-21(27)20-13-19(10-12-24-20)26-14-16-3-7-18(23)8-4-16/h1-8,10,12-13H,9,11,14H2,(H,24,26)(H,25,27). The quantitative estimate of drug-likeness (QED) is 0.633. The lowest BCUT2D eigenvalue weighted by atomic mass is 10.1. The molecule has 1 aromatic heterocycles. The fourth-order valence-corrected chi connectivity index (χ4v) is 2.66. The molecule has 138 valence electrons. The third kappa shape index (κ3) is 5.79. The van der Waals surface area contributed by atoms with Crippen LogP contribution in [0, 0.1) is 5.82 Å². The van der Waals surface area contributed by atoms with Crippen molar-refractivity contribution < 1.29 is 9.18 Å². The summed E-state index contributed by atoms with van der Waals surface area (Å²) in [4.78, 5) is 16.4. The molecular formula is C21H19ClFN3O. The van der Waals surface area contributed by atoms with Crippen LogP contribution < -0.4 is 10.6 Å². The summed E-state index contributed by atoms with van der Waals surface area (Å²) in [6, 6.07) is 17.3. The molecule has 4 nitrogen and oxygen atoms in total. The Balaban J connectivity index is 1.51. The molecule has 0 bridgehead atoms. The number of nitrogens with one attached hydrogen (secondary N) is 2. The van der Waals surface area contributed by atoms with Crippen LogP contribution in [0.1, 0.15) is 21.6 Å². The highest BCUT2D eigenvalue weighted by atomic mass is 35.5. The van der Waals surface area contributed by atoms with Gasteiger partial charge in [0.25, 0.3) is 5.91 Å². The summed E-state index contributed by atoms with van der Waals surface area (Å²) in [5.74, 6) is -0.491. The largest absolute Gasteiger partial charge is 0.381 e. The first-order valence-corrected chi connectivity index (χ1v) is 8.95. The molecular weight excluding hydrogens is 365 g/mol. The maximum Gasteiger partial charge on any atom is 0.269 e. The zero-order chi connectivity index (χ0) is 19.1. The van der Waals surface area contributed by atoms with Crippen molar-refractivity contribution in [3.05, 3.63) is 94.5 Å². The van der Waals surface area contributed by atoms with E-state index < -0.39 is 0 Å². The Hall–Kier alpha value is -2.92. The first-order chi connectivity index (χ1) is 13.1. The van der Waals surface area contributed by atoms with E-state index in [4.69, 9.17) is 11.6 Å². The van der Waals surface area contributed by atoms with Crippen LogP contribution in [-0.2, 0) is 13.0 Å². The SMILES string of the molecule is O=C(NCCc1ccc(Cl)cc1)c1cc(NCc2ccc(F)cc2)ccn1. The van der Waals surface area contributed by atoms with Crippen molar-refractivity contribution in [2.75, 3.05) is 11.9 Å². The highest BCUT2D eigenvalue weighted by Crippen LogP contribution is 2.12. The average molecular weight is 384 g/mol. The number of hydrogen-bond donors (Lipinski definition) is 2. The maximum atomic E-state index is 12.9. The maximum absolute atomic E-state index is 12.9. The molecule has 0 saturated carbocycles. The van der Waals surface area contributed by atoms with Crippen molar-refractivity contribution in [2.24, 2.45) is 0 Å². The summed E-state index contributed by atoms with van der Waals surface area (Å²) in [5, 5.41) is 6.76. The van der Waals surface area contributed by atoms with E-state index in [9.17, 15) is 9.18 Å². The van der Waals surface area contributed by atoms with Gasteiger partial charge in [-0.3, -0.25) is 9.78 Å². The molecule has 0 unspecified atom stereocenters. The smallest absolute Gasteiger partial charge is 0.269 e. The van der Waals surface area contributed by atoms with E-state index in [1.54, 1.807) is 30.5 Å². The second-order valence-electron chi connectivity index (χ2n) is 6.04. The van der Waals surface area contributed by atoms with Crippen molar-refractivity contribution in [3.63, 3.8) is 0 Å². The molecule has 0 aliphatic rings. The minimum Gasteiger partial charge on any atom is -0.381 e. The molecule has 27 heavy (non-hydrogen) atoms. The molecule has 2 aromatic carbocycles. The Morgan fingerprint density at radius 1 is 1.00 bits per heavy atom. The Morgan fingerprint density at radius 2 is 1.70 bits per heavy atom. The summed E-state index contributed by atoms with van der Waals surface area (Å²) >= 11 is 5.86. The summed E-state index contributed by atoms with van der Waals surface area (Å²) in [5.41, 5.74) is 3.16. The minimum atomic E-state index is -0.264. The lowest BCUT2D eigenvalue weighted by Gasteiger charge is -2.09. The van der Waals surface area contributed by atoms with Crippen LogP contribution in [0.25, 0.3) is 0 Å². The molecule has 0 atom stereocenters. The van der Waals surface area contributed by atoms with E-state index in [-0.39, 0.29) is 11.7 Å². The molecule has 6 heteroatoms. The number of halogens is 2. The summed E-state index contributed by atoms with van der Waals surface area (Å²) in [6.45, 7) is 1.04. The molecule has 1 heterocycles. The van der Waals surface area contributed by atoms with E-state index in [2.05, 4.69) is 15.6 Å². The molecule has 0 spiro atoms. The van der Waals surface area contributed by atoms with Gasteiger partial charge in [-0.15, -0.1) is 0 Å². The highest BCUT2D eigenvalue weighted by molar-refractivity contribution is 6.30. The first-order valence-electron chi connectivity index (χ1n) is 8.57. The lowest BCUT2D eigenvalue weighted by molar-refractivity contribution is 0.0949. The van der Waals surface area contributed by atoms with Crippen LogP contribution >= 0.6 is 11.6 Å². The van der Waals surface area contributed by atoms with Gasteiger partial charge >= 0.3 is 0 Å². The molecule has 3 aromatic rings. The number of carbonyl (C=O) groups excluding carboxylic acids is 1. The Bertz CT molecular complexity index is 898. The van der Waals surface area contributed by atoms with Gasteiger partial charge in [-0.25, -0.2) is 4.39 Å². The van der Waals surface area contributed by atoms with Gasteiger partial charge in [0.2, 0.25) is 0 Å². The van der Waals surface area contributed by atoms with Gasteiger partial charge in [-0.2, -0.15) is 0 Å². The van der Waals surface area contributed by atoms with E-state index in [1.165, 1.54) is 12.1 Å². The third-order valence-electron chi connectivity index (χ3n) is 4.01. The Kier molecular flexibility index (Phi) is 6.39. The van der Waals surface area contributed by atoms with Gasteiger partial charge in [-0.1, -0.05) is 35.9 Å². The van der Waals surface area contributed by atoms with Crippen molar-refractivity contribution in [1.29, 1.82) is 0 Å². The average Bonchev–Trinajstić information content (AvgIpc) is 2.69. The van der Waals surface area contributed by atoms with Crippen LogP contribution in [-0.4, -0.2) is 17.4 Å². The summed E-state index contributed by atoms with van der Waals surface area (Å²) < 4.78 is 12.9. The highest BCUT2D eigenvalue weighted by Gasteiger charge is 2.07. The number of amides is 1. The number of pyridine rings is 1.